The highest BCUT2D eigenvalue weighted by Crippen LogP contribution is 2.31. The van der Waals surface area contributed by atoms with Gasteiger partial charge in [-0.05, 0) is 18.2 Å². The fraction of sp³-hybridized carbons (Fsp3) is 0.304. The van der Waals surface area contributed by atoms with Crippen LogP contribution in [0.15, 0.2) is 53.3 Å². The lowest BCUT2D eigenvalue weighted by Crippen LogP contribution is -2.55. The Balaban J connectivity index is 1.20. The Bertz CT molecular complexity index is 1230. The SMILES string of the molecule is O=C(Cc1n[nH]c(=O)c2ccccc12)N1CCN(C(=O)[C@@H]2COc3ccccc3O2)CC1. The Morgan fingerprint density at radius 2 is 1.59 bits per heavy atom. The molecule has 0 radical (unpaired) electrons. The van der Waals surface area contributed by atoms with E-state index in [1.807, 2.05) is 18.2 Å². The highest BCUT2D eigenvalue weighted by atomic mass is 16.6. The third-order valence-corrected chi connectivity index (χ3v) is 5.82. The van der Waals surface area contributed by atoms with E-state index in [1.54, 1.807) is 40.1 Å². The molecule has 2 aromatic carbocycles. The van der Waals surface area contributed by atoms with Crippen molar-refractivity contribution in [3.8, 4) is 11.5 Å². The third-order valence-electron chi connectivity index (χ3n) is 5.82. The highest BCUT2D eigenvalue weighted by Gasteiger charge is 2.33. The number of hydrogen-bond acceptors (Lipinski definition) is 6. The van der Waals surface area contributed by atoms with E-state index in [1.165, 1.54) is 0 Å². The van der Waals surface area contributed by atoms with Crippen LogP contribution in [-0.4, -0.2) is 70.7 Å². The molecule has 0 bridgehead atoms. The van der Waals surface area contributed by atoms with Crippen molar-refractivity contribution in [2.75, 3.05) is 32.8 Å². The minimum absolute atomic E-state index is 0.0849. The molecule has 0 saturated carbocycles. The van der Waals surface area contributed by atoms with Crippen LogP contribution >= 0.6 is 0 Å². The third kappa shape index (κ3) is 3.77. The van der Waals surface area contributed by atoms with Crippen molar-refractivity contribution in [3.05, 3.63) is 64.6 Å². The number of carbonyl (C=O) groups is 2. The highest BCUT2D eigenvalue weighted by molar-refractivity contribution is 5.88. The fourth-order valence-corrected chi connectivity index (χ4v) is 4.08. The minimum atomic E-state index is -0.691. The van der Waals surface area contributed by atoms with Crippen LogP contribution in [0.2, 0.25) is 0 Å². The molecule has 1 aromatic heterocycles. The van der Waals surface area contributed by atoms with Gasteiger partial charge < -0.3 is 19.3 Å². The summed E-state index contributed by atoms with van der Waals surface area (Å²) in [5.74, 6) is 0.967. The zero-order valence-corrected chi connectivity index (χ0v) is 17.3. The Morgan fingerprint density at radius 3 is 2.38 bits per heavy atom. The van der Waals surface area contributed by atoms with E-state index in [0.717, 1.165) is 0 Å². The van der Waals surface area contributed by atoms with Crippen LogP contribution in [0.4, 0.5) is 0 Å². The summed E-state index contributed by atoms with van der Waals surface area (Å²) < 4.78 is 11.5. The number of benzene rings is 2. The van der Waals surface area contributed by atoms with E-state index in [-0.39, 0.29) is 30.4 Å². The maximum Gasteiger partial charge on any atom is 0.272 e. The molecule has 1 atom stereocenters. The molecule has 0 aliphatic carbocycles. The van der Waals surface area contributed by atoms with Gasteiger partial charge in [-0.3, -0.25) is 14.4 Å². The molecule has 164 valence electrons. The van der Waals surface area contributed by atoms with Gasteiger partial charge in [0.05, 0.1) is 17.5 Å². The summed E-state index contributed by atoms with van der Waals surface area (Å²) in [6.07, 6.45) is -0.606. The predicted molar refractivity (Wildman–Crippen MR) is 116 cm³/mol. The molecule has 1 fully saturated rings. The van der Waals surface area contributed by atoms with Crippen molar-refractivity contribution in [2.24, 2.45) is 0 Å². The van der Waals surface area contributed by atoms with Crippen LogP contribution in [0.5, 0.6) is 11.5 Å². The monoisotopic (exact) mass is 434 g/mol. The zero-order valence-electron chi connectivity index (χ0n) is 17.3. The second-order valence-electron chi connectivity index (χ2n) is 7.79. The number of fused-ring (bicyclic) bond motifs is 2. The van der Waals surface area contributed by atoms with Gasteiger partial charge in [-0.1, -0.05) is 30.3 Å². The van der Waals surface area contributed by atoms with Gasteiger partial charge in [0, 0.05) is 31.6 Å². The number of nitrogens with one attached hydrogen (secondary N) is 1. The van der Waals surface area contributed by atoms with Crippen molar-refractivity contribution in [1.82, 2.24) is 20.0 Å². The molecule has 2 aliphatic rings. The van der Waals surface area contributed by atoms with E-state index >= 15 is 0 Å². The first-order chi connectivity index (χ1) is 15.6. The molecule has 0 spiro atoms. The predicted octanol–water partition coefficient (Wildman–Crippen LogP) is 0.976. The maximum absolute atomic E-state index is 12.9. The van der Waals surface area contributed by atoms with Gasteiger partial charge in [0.1, 0.15) is 6.61 Å². The Kier molecular flexibility index (Phi) is 5.22. The number of ether oxygens (including phenoxy) is 2. The maximum atomic E-state index is 12.9. The largest absolute Gasteiger partial charge is 0.485 e. The van der Waals surface area contributed by atoms with Crippen molar-refractivity contribution in [2.45, 2.75) is 12.5 Å². The van der Waals surface area contributed by atoms with Gasteiger partial charge in [-0.15, -0.1) is 0 Å². The van der Waals surface area contributed by atoms with Gasteiger partial charge in [-0.25, -0.2) is 5.10 Å². The molecule has 2 aliphatic heterocycles. The standard InChI is InChI=1S/C23H22N4O5/c28-21(13-17-15-5-1-2-6-16(15)22(29)25-24-17)26-9-11-27(12-10-26)23(30)20-14-31-18-7-3-4-8-19(18)32-20/h1-8,20H,9-14H2,(H,25,29)/t20-/m0/s1. The molecule has 3 heterocycles. The number of aromatic amines is 1. The lowest BCUT2D eigenvalue weighted by atomic mass is 10.1. The van der Waals surface area contributed by atoms with Gasteiger partial charge in [0.25, 0.3) is 11.5 Å². The zero-order chi connectivity index (χ0) is 22.1. The van der Waals surface area contributed by atoms with Crippen molar-refractivity contribution < 1.29 is 19.1 Å². The molecule has 32 heavy (non-hydrogen) atoms. The van der Waals surface area contributed by atoms with E-state index < -0.39 is 6.10 Å². The van der Waals surface area contributed by atoms with Gasteiger partial charge in [-0.2, -0.15) is 5.10 Å². The normalized spacial score (nSPS) is 17.9. The Hall–Kier alpha value is -3.88. The first kappa shape index (κ1) is 20.0. The lowest BCUT2D eigenvalue weighted by molar-refractivity contribution is -0.146. The molecular formula is C23H22N4O5. The molecule has 9 nitrogen and oxygen atoms in total. The number of para-hydroxylation sites is 2. The number of nitrogens with zero attached hydrogens (tertiary/aromatic N) is 3. The van der Waals surface area contributed by atoms with E-state index in [4.69, 9.17) is 9.47 Å². The molecule has 9 heteroatoms. The van der Waals surface area contributed by atoms with Crippen LogP contribution in [0.1, 0.15) is 5.69 Å². The smallest absolute Gasteiger partial charge is 0.272 e. The Morgan fingerprint density at radius 1 is 0.938 bits per heavy atom. The average molecular weight is 434 g/mol. The summed E-state index contributed by atoms with van der Waals surface area (Å²) in [6, 6.07) is 14.4. The van der Waals surface area contributed by atoms with Crippen LogP contribution in [0.3, 0.4) is 0 Å². The van der Waals surface area contributed by atoms with Crippen molar-refractivity contribution >= 4 is 22.6 Å². The number of amides is 2. The number of carbonyl (C=O) groups excluding carboxylic acids is 2. The second-order valence-corrected chi connectivity index (χ2v) is 7.79. The number of H-pyrrole nitrogens is 1. The first-order valence-electron chi connectivity index (χ1n) is 10.5. The molecule has 2 amide bonds. The summed E-state index contributed by atoms with van der Waals surface area (Å²) in [4.78, 5) is 41.1. The lowest BCUT2D eigenvalue weighted by Gasteiger charge is -2.37. The van der Waals surface area contributed by atoms with Crippen molar-refractivity contribution in [1.29, 1.82) is 0 Å². The molecule has 3 aromatic rings. The summed E-state index contributed by atoms with van der Waals surface area (Å²) in [7, 11) is 0. The molecular weight excluding hydrogens is 412 g/mol. The summed E-state index contributed by atoms with van der Waals surface area (Å²) in [6.45, 7) is 1.86. The first-order valence-corrected chi connectivity index (χ1v) is 10.5. The summed E-state index contributed by atoms with van der Waals surface area (Å²) in [5, 5.41) is 7.73. The Labute approximate surface area is 183 Å². The van der Waals surface area contributed by atoms with Crippen molar-refractivity contribution in [3.63, 3.8) is 0 Å². The van der Waals surface area contributed by atoms with Crippen LogP contribution in [-0.2, 0) is 16.0 Å². The summed E-state index contributed by atoms with van der Waals surface area (Å²) >= 11 is 0. The van der Waals surface area contributed by atoms with E-state index in [9.17, 15) is 14.4 Å². The number of hydrogen-bond donors (Lipinski definition) is 1. The van der Waals surface area contributed by atoms with Crippen LogP contribution in [0, 0.1) is 0 Å². The number of aromatic nitrogens is 2. The minimum Gasteiger partial charge on any atom is -0.485 e. The second kappa shape index (κ2) is 8.33. The molecule has 5 rings (SSSR count). The molecule has 1 saturated heterocycles. The van der Waals surface area contributed by atoms with Crippen LogP contribution in [0.25, 0.3) is 10.8 Å². The van der Waals surface area contributed by atoms with Gasteiger partial charge in [0.15, 0.2) is 11.5 Å². The van der Waals surface area contributed by atoms with Crippen LogP contribution < -0.4 is 15.0 Å². The topological polar surface area (TPSA) is 105 Å². The van der Waals surface area contributed by atoms with E-state index in [2.05, 4.69) is 10.2 Å². The fourth-order valence-electron chi connectivity index (χ4n) is 4.08. The molecule has 0 unspecified atom stereocenters. The summed E-state index contributed by atoms with van der Waals surface area (Å²) in [5.41, 5.74) is 0.260. The molecule has 1 N–H and O–H groups in total. The number of piperazine rings is 1. The van der Waals surface area contributed by atoms with Gasteiger partial charge in [0.2, 0.25) is 12.0 Å². The average Bonchev–Trinajstić information content (AvgIpc) is 2.85. The number of rotatable bonds is 3. The van der Waals surface area contributed by atoms with Gasteiger partial charge >= 0.3 is 0 Å². The van der Waals surface area contributed by atoms with E-state index in [0.29, 0.717) is 54.1 Å². The quantitative estimate of drug-likeness (QED) is 0.659.